The van der Waals surface area contributed by atoms with Gasteiger partial charge in [0.2, 0.25) is 0 Å². The second kappa shape index (κ2) is 8.73. The fourth-order valence-corrected chi connectivity index (χ4v) is 6.36. The molecule has 4 aromatic rings. The zero-order valence-corrected chi connectivity index (χ0v) is 20.1. The van der Waals surface area contributed by atoms with E-state index in [9.17, 15) is 17.6 Å². The van der Waals surface area contributed by atoms with E-state index in [1.807, 2.05) is 29.0 Å². The van der Waals surface area contributed by atoms with Gasteiger partial charge in [-0.05, 0) is 48.9 Å². The molecule has 34 heavy (non-hydrogen) atoms. The highest BCUT2D eigenvalue weighted by Gasteiger charge is 2.29. The Kier molecular flexibility index (Phi) is 5.88. The molecule has 0 aliphatic carbocycles. The average Bonchev–Trinajstić information content (AvgIpc) is 3.35. The summed E-state index contributed by atoms with van der Waals surface area (Å²) in [5.41, 5.74) is 3.34. The van der Waals surface area contributed by atoms with Crippen LogP contribution in [-0.2, 0) is 9.84 Å². The number of hydrogen-bond acceptors (Lipinski definition) is 3. The zero-order chi connectivity index (χ0) is 24.0. The molecule has 1 atom stereocenters. The van der Waals surface area contributed by atoms with Crippen molar-refractivity contribution in [2.45, 2.75) is 12.5 Å². The second-order valence-corrected chi connectivity index (χ2v) is 11.3. The molecule has 0 spiro atoms. The van der Waals surface area contributed by atoms with Gasteiger partial charge in [0.25, 0.3) is 5.91 Å². The van der Waals surface area contributed by atoms with Crippen LogP contribution in [0.15, 0.2) is 66.9 Å². The molecule has 3 aromatic carbocycles. The number of fused-ring (bicyclic) bond motifs is 1. The van der Waals surface area contributed by atoms with Crippen molar-refractivity contribution in [1.82, 2.24) is 9.88 Å². The molecule has 1 amide bonds. The van der Waals surface area contributed by atoms with E-state index in [0.29, 0.717) is 33.2 Å². The van der Waals surface area contributed by atoms with Gasteiger partial charge in [-0.15, -0.1) is 0 Å². The van der Waals surface area contributed by atoms with Gasteiger partial charge < -0.3 is 9.88 Å². The first kappa shape index (κ1) is 22.9. The summed E-state index contributed by atoms with van der Waals surface area (Å²) in [6.07, 6.45) is 2.28. The fraction of sp³-hybridized carbons (Fsp3) is 0.160. The number of nitrogens with one attached hydrogen (secondary N) is 1. The minimum Gasteiger partial charge on any atom is -0.348 e. The number of hydrogen-bond donors (Lipinski definition) is 1. The highest BCUT2D eigenvalue weighted by molar-refractivity contribution is 7.91. The second-order valence-electron chi connectivity index (χ2n) is 8.30. The first-order valence-electron chi connectivity index (χ1n) is 10.6. The lowest BCUT2D eigenvalue weighted by atomic mass is 10.0. The summed E-state index contributed by atoms with van der Waals surface area (Å²) in [4.78, 5) is 12.9. The molecule has 174 valence electrons. The van der Waals surface area contributed by atoms with Crippen molar-refractivity contribution in [2.75, 3.05) is 11.5 Å². The molecule has 0 bridgehead atoms. The highest BCUT2D eigenvalue weighted by Crippen LogP contribution is 2.39. The third-order valence-corrected chi connectivity index (χ3v) is 8.57. The number of aromatic nitrogens is 1. The number of benzene rings is 3. The van der Waals surface area contributed by atoms with Gasteiger partial charge in [0.05, 0.1) is 27.1 Å². The van der Waals surface area contributed by atoms with Crippen LogP contribution in [-0.4, -0.2) is 36.4 Å². The summed E-state index contributed by atoms with van der Waals surface area (Å²) < 4.78 is 38.9. The first-order chi connectivity index (χ1) is 16.2. The Bertz CT molecular complexity index is 1530. The molecular formula is C25H19Cl2FN2O3S. The van der Waals surface area contributed by atoms with Crippen molar-refractivity contribution < 1.29 is 17.6 Å². The van der Waals surface area contributed by atoms with Crippen LogP contribution in [0.25, 0.3) is 27.7 Å². The van der Waals surface area contributed by atoms with E-state index in [0.717, 1.165) is 16.5 Å². The van der Waals surface area contributed by atoms with E-state index >= 15 is 0 Å². The van der Waals surface area contributed by atoms with E-state index in [2.05, 4.69) is 5.32 Å². The van der Waals surface area contributed by atoms with Crippen LogP contribution in [0, 0.1) is 5.82 Å². The van der Waals surface area contributed by atoms with Crippen molar-refractivity contribution in [2.24, 2.45) is 0 Å². The number of amides is 1. The topological polar surface area (TPSA) is 68.2 Å². The standard InChI is InChI=1S/C25H19Cl2FN2O3S/c26-22-3-1-2-20(24(22)27)21-13-30(18-7-5-16(28)6-8-18)23-12-15(4-9-19(21)23)25(31)29-17-10-11-34(32,33)14-17/h1-9,12-13,17H,10-11,14H2,(H,29,31). The molecule has 1 saturated heterocycles. The van der Waals surface area contributed by atoms with Crippen LogP contribution in [0.5, 0.6) is 0 Å². The van der Waals surface area contributed by atoms with Gasteiger partial charge >= 0.3 is 0 Å². The number of nitrogens with zero attached hydrogens (tertiary/aromatic N) is 1. The monoisotopic (exact) mass is 516 g/mol. The van der Waals surface area contributed by atoms with Crippen LogP contribution < -0.4 is 5.32 Å². The molecule has 1 aromatic heterocycles. The number of halogens is 3. The van der Waals surface area contributed by atoms with Gasteiger partial charge in [0.15, 0.2) is 9.84 Å². The highest BCUT2D eigenvalue weighted by atomic mass is 35.5. The predicted molar refractivity (Wildman–Crippen MR) is 133 cm³/mol. The molecule has 2 heterocycles. The van der Waals surface area contributed by atoms with Crippen molar-refractivity contribution in [3.63, 3.8) is 0 Å². The van der Waals surface area contributed by atoms with Crippen LogP contribution in [0.4, 0.5) is 4.39 Å². The number of sulfone groups is 1. The van der Waals surface area contributed by atoms with Crippen molar-refractivity contribution in [1.29, 1.82) is 0 Å². The lowest BCUT2D eigenvalue weighted by Gasteiger charge is -2.12. The molecule has 1 N–H and O–H groups in total. The maximum Gasteiger partial charge on any atom is 0.251 e. The van der Waals surface area contributed by atoms with Gasteiger partial charge in [0.1, 0.15) is 5.82 Å². The smallest absolute Gasteiger partial charge is 0.251 e. The van der Waals surface area contributed by atoms with Gasteiger partial charge in [-0.25, -0.2) is 12.8 Å². The average molecular weight is 517 g/mol. The van der Waals surface area contributed by atoms with E-state index in [1.165, 1.54) is 12.1 Å². The Morgan fingerprint density at radius 3 is 2.50 bits per heavy atom. The third-order valence-electron chi connectivity index (χ3n) is 5.98. The Labute approximate surface area is 206 Å². The number of carbonyl (C=O) groups is 1. The summed E-state index contributed by atoms with van der Waals surface area (Å²) in [7, 11) is -3.11. The van der Waals surface area contributed by atoms with Crippen LogP contribution >= 0.6 is 23.2 Å². The lowest BCUT2D eigenvalue weighted by molar-refractivity contribution is 0.0941. The van der Waals surface area contributed by atoms with Crippen LogP contribution in [0.1, 0.15) is 16.8 Å². The third kappa shape index (κ3) is 4.31. The Balaban J connectivity index is 1.62. The molecule has 0 radical (unpaired) electrons. The van der Waals surface area contributed by atoms with E-state index in [4.69, 9.17) is 23.2 Å². The molecule has 1 aliphatic heterocycles. The summed E-state index contributed by atoms with van der Waals surface area (Å²) in [6.45, 7) is 0. The van der Waals surface area contributed by atoms with E-state index in [1.54, 1.807) is 30.3 Å². The maximum atomic E-state index is 13.6. The summed E-state index contributed by atoms with van der Waals surface area (Å²) in [5.74, 6) is -0.679. The Morgan fingerprint density at radius 1 is 1.03 bits per heavy atom. The zero-order valence-electron chi connectivity index (χ0n) is 17.8. The summed E-state index contributed by atoms with van der Waals surface area (Å²) in [6, 6.07) is 16.2. The predicted octanol–water partition coefficient (Wildman–Crippen LogP) is 5.66. The summed E-state index contributed by atoms with van der Waals surface area (Å²) in [5, 5.41) is 4.48. The number of carbonyl (C=O) groups excluding carboxylic acids is 1. The SMILES string of the molecule is O=C(NC1CCS(=O)(=O)C1)c1ccc2c(-c3cccc(Cl)c3Cl)cn(-c3ccc(F)cc3)c2c1. The van der Waals surface area contributed by atoms with Gasteiger partial charge in [-0.2, -0.15) is 0 Å². The quantitative estimate of drug-likeness (QED) is 0.380. The molecule has 5 nitrogen and oxygen atoms in total. The first-order valence-corrected chi connectivity index (χ1v) is 13.2. The largest absolute Gasteiger partial charge is 0.348 e. The maximum absolute atomic E-state index is 13.6. The Hall–Kier alpha value is -2.87. The van der Waals surface area contributed by atoms with Crippen molar-refractivity contribution in [3.8, 4) is 16.8 Å². The minimum atomic E-state index is -3.11. The summed E-state index contributed by atoms with van der Waals surface area (Å²) >= 11 is 12.7. The van der Waals surface area contributed by atoms with Crippen molar-refractivity contribution >= 4 is 49.8 Å². The molecule has 1 unspecified atom stereocenters. The molecule has 1 aliphatic rings. The molecule has 1 fully saturated rings. The number of rotatable bonds is 4. The Morgan fingerprint density at radius 2 is 1.79 bits per heavy atom. The normalized spacial score (nSPS) is 17.2. The van der Waals surface area contributed by atoms with E-state index in [-0.39, 0.29) is 23.2 Å². The minimum absolute atomic E-state index is 0.0512. The molecular weight excluding hydrogens is 498 g/mol. The van der Waals surface area contributed by atoms with E-state index < -0.39 is 15.9 Å². The molecule has 0 saturated carbocycles. The van der Waals surface area contributed by atoms with Crippen LogP contribution in [0.2, 0.25) is 10.0 Å². The van der Waals surface area contributed by atoms with Gasteiger partial charge in [-0.3, -0.25) is 4.79 Å². The van der Waals surface area contributed by atoms with Crippen molar-refractivity contribution in [3.05, 3.63) is 88.3 Å². The molecule has 5 rings (SSSR count). The van der Waals surface area contributed by atoms with Gasteiger partial charge in [-0.1, -0.05) is 41.4 Å². The molecule has 9 heteroatoms. The fourth-order valence-electron chi connectivity index (χ4n) is 4.29. The van der Waals surface area contributed by atoms with Gasteiger partial charge in [0, 0.05) is 40.0 Å². The van der Waals surface area contributed by atoms with Crippen LogP contribution in [0.3, 0.4) is 0 Å². The lowest BCUT2D eigenvalue weighted by Crippen LogP contribution is -2.35.